The zero-order chi connectivity index (χ0) is 16.0. The number of halogens is 1. The van der Waals surface area contributed by atoms with E-state index in [4.69, 9.17) is 4.74 Å². The number of aliphatic carboxylic acids is 1. The largest absolute Gasteiger partial charge is 0.496 e. The molecule has 0 aliphatic rings. The van der Waals surface area contributed by atoms with E-state index in [2.05, 4.69) is 21.2 Å². The monoisotopic (exact) mass is 375 g/mol. The van der Waals surface area contributed by atoms with Crippen molar-refractivity contribution in [1.29, 1.82) is 0 Å². The van der Waals surface area contributed by atoms with E-state index in [1.54, 1.807) is 30.0 Å². The molecule has 0 aromatic heterocycles. The zero-order valence-electron chi connectivity index (χ0n) is 12.1. The highest BCUT2D eigenvalue weighted by Gasteiger charge is 2.23. The van der Waals surface area contributed by atoms with Gasteiger partial charge in [-0.05, 0) is 39.9 Å². The van der Waals surface area contributed by atoms with Gasteiger partial charge in [-0.1, -0.05) is 13.0 Å². The maximum absolute atomic E-state index is 11.9. The molecule has 2 atom stereocenters. The Morgan fingerprint density at radius 2 is 2.14 bits per heavy atom. The summed E-state index contributed by atoms with van der Waals surface area (Å²) >= 11 is 4.87. The minimum absolute atomic E-state index is 0.141. The first-order valence-corrected chi connectivity index (χ1v) is 8.35. The maximum atomic E-state index is 11.9. The normalized spacial score (nSPS) is 13.3. The molecule has 0 aliphatic heterocycles. The number of ether oxygens (including phenoxy) is 1. The number of hydrogen-bond acceptors (Lipinski definition) is 4. The van der Waals surface area contributed by atoms with Gasteiger partial charge in [0.2, 0.25) is 5.91 Å². The minimum atomic E-state index is -1.10. The van der Waals surface area contributed by atoms with E-state index in [0.717, 1.165) is 0 Å². The van der Waals surface area contributed by atoms with Gasteiger partial charge in [-0.2, -0.15) is 11.8 Å². The first kappa shape index (κ1) is 17.8. The van der Waals surface area contributed by atoms with Crippen LogP contribution in [0.1, 0.15) is 24.9 Å². The van der Waals surface area contributed by atoms with Crippen LogP contribution in [0.25, 0.3) is 0 Å². The van der Waals surface area contributed by atoms with Gasteiger partial charge < -0.3 is 15.2 Å². The molecular weight excluding hydrogens is 358 g/mol. The Kier molecular flexibility index (Phi) is 7.04. The number of carbonyl (C=O) groups is 2. The number of carboxylic acids is 1. The SMILES string of the molecule is COc1ccc(C(NC(=O)CC(C)SC)C(=O)O)cc1Br. The van der Waals surface area contributed by atoms with Gasteiger partial charge in [-0.3, -0.25) is 4.79 Å². The lowest BCUT2D eigenvalue weighted by Gasteiger charge is -2.17. The van der Waals surface area contributed by atoms with E-state index in [0.29, 0.717) is 15.8 Å². The van der Waals surface area contributed by atoms with Crippen LogP contribution in [0.15, 0.2) is 22.7 Å². The number of nitrogens with one attached hydrogen (secondary N) is 1. The summed E-state index contributed by atoms with van der Waals surface area (Å²) in [5.74, 6) is -0.779. The van der Waals surface area contributed by atoms with Crippen molar-refractivity contribution in [3.05, 3.63) is 28.2 Å². The van der Waals surface area contributed by atoms with Crippen molar-refractivity contribution in [3.63, 3.8) is 0 Å². The highest BCUT2D eigenvalue weighted by atomic mass is 79.9. The third-order valence-electron chi connectivity index (χ3n) is 2.94. The maximum Gasteiger partial charge on any atom is 0.330 e. The summed E-state index contributed by atoms with van der Waals surface area (Å²) < 4.78 is 5.74. The van der Waals surface area contributed by atoms with Crippen molar-refractivity contribution in [3.8, 4) is 5.75 Å². The van der Waals surface area contributed by atoms with Crippen molar-refractivity contribution in [1.82, 2.24) is 5.32 Å². The second kappa shape index (κ2) is 8.29. The van der Waals surface area contributed by atoms with Gasteiger partial charge in [0.1, 0.15) is 5.75 Å². The molecule has 0 saturated carbocycles. The number of amides is 1. The molecule has 21 heavy (non-hydrogen) atoms. The molecule has 1 amide bonds. The topological polar surface area (TPSA) is 75.6 Å². The Hall–Kier alpha value is -1.21. The Balaban J connectivity index is 2.89. The van der Waals surface area contributed by atoms with Gasteiger partial charge in [-0.25, -0.2) is 4.79 Å². The first-order chi connectivity index (χ1) is 9.88. The van der Waals surface area contributed by atoms with Crippen LogP contribution in [0.2, 0.25) is 0 Å². The van der Waals surface area contributed by atoms with Crippen LogP contribution in [0.3, 0.4) is 0 Å². The second-order valence-electron chi connectivity index (χ2n) is 4.48. The molecule has 1 aromatic carbocycles. The van der Waals surface area contributed by atoms with Crippen molar-refractivity contribution in [2.75, 3.05) is 13.4 Å². The van der Waals surface area contributed by atoms with Crippen LogP contribution in [0.4, 0.5) is 0 Å². The van der Waals surface area contributed by atoms with Gasteiger partial charge in [0.05, 0.1) is 11.6 Å². The average Bonchev–Trinajstić information content (AvgIpc) is 2.44. The summed E-state index contributed by atoms with van der Waals surface area (Å²) in [5, 5.41) is 12.0. The first-order valence-electron chi connectivity index (χ1n) is 6.27. The fourth-order valence-corrected chi connectivity index (χ4v) is 2.59. The van der Waals surface area contributed by atoms with E-state index in [1.807, 2.05) is 13.2 Å². The highest BCUT2D eigenvalue weighted by molar-refractivity contribution is 9.10. The van der Waals surface area contributed by atoms with E-state index < -0.39 is 12.0 Å². The third-order valence-corrected chi connectivity index (χ3v) is 4.53. The van der Waals surface area contributed by atoms with E-state index in [-0.39, 0.29) is 17.6 Å². The quantitative estimate of drug-likeness (QED) is 0.766. The van der Waals surface area contributed by atoms with Gasteiger partial charge in [-0.15, -0.1) is 0 Å². The third kappa shape index (κ3) is 5.24. The summed E-state index contributed by atoms with van der Waals surface area (Å²) in [5.41, 5.74) is 0.486. The molecular formula is C14H18BrNO4S. The molecule has 1 rings (SSSR count). The van der Waals surface area contributed by atoms with Crippen LogP contribution < -0.4 is 10.1 Å². The molecule has 2 N–H and O–H groups in total. The molecule has 0 bridgehead atoms. The van der Waals surface area contributed by atoms with Crippen LogP contribution in [0.5, 0.6) is 5.75 Å². The molecule has 0 aliphatic carbocycles. The zero-order valence-corrected chi connectivity index (χ0v) is 14.5. The molecule has 0 heterocycles. The fraction of sp³-hybridized carbons (Fsp3) is 0.429. The number of carboxylic acid groups (broad SMARTS) is 1. The second-order valence-corrected chi connectivity index (χ2v) is 6.61. The van der Waals surface area contributed by atoms with Crippen LogP contribution in [-0.4, -0.2) is 35.6 Å². The van der Waals surface area contributed by atoms with E-state index in [9.17, 15) is 14.7 Å². The lowest BCUT2D eigenvalue weighted by molar-refractivity contribution is -0.142. The summed E-state index contributed by atoms with van der Waals surface area (Å²) in [4.78, 5) is 23.3. The van der Waals surface area contributed by atoms with Gasteiger partial charge in [0.25, 0.3) is 0 Å². The molecule has 0 spiro atoms. The van der Waals surface area contributed by atoms with E-state index >= 15 is 0 Å². The number of carbonyl (C=O) groups excluding carboxylic acids is 1. The van der Waals surface area contributed by atoms with Gasteiger partial charge >= 0.3 is 5.97 Å². The summed E-state index contributed by atoms with van der Waals surface area (Å²) in [6.07, 6.45) is 2.19. The number of rotatable bonds is 7. The highest BCUT2D eigenvalue weighted by Crippen LogP contribution is 2.28. The van der Waals surface area contributed by atoms with Crippen molar-refractivity contribution in [2.45, 2.75) is 24.6 Å². The summed E-state index contributed by atoms with van der Waals surface area (Å²) in [6, 6.07) is 3.84. The lowest BCUT2D eigenvalue weighted by Crippen LogP contribution is -2.34. The molecule has 0 radical (unpaired) electrons. The van der Waals surface area contributed by atoms with Crippen molar-refractivity contribution >= 4 is 39.6 Å². The standard InChI is InChI=1S/C14H18BrNO4S/c1-8(21-3)6-12(17)16-13(14(18)19)9-4-5-11(20-2)10(15)7-9/h4-5,7-8,13H,6H2,1-3H3,(H,16,17)(H,18,19). The van der Waals surface area contributed by atoms with Gasteiger partial charge in [0, 0.05) is 11.7 Å². The Labute approximate surface area is 136 Å². The van der Waals surface area contributed by atoms with E-state index in [1.165, 1.54) is 7.11 Å². The summed E-state index contributed by atoms with van der Waals surface area (Å²) in [6.45, 7) is 1.92. The molecule has 0 fully saturated rings. The van der Waals surface area contributed by atoms with Gasteiger partial charge in [0.15, 0.2) is 6.04 Å². The molecule has 116 valence electrons. The molecule has 5 nitrogen and oxygen atoms in total. The Morgan fingerprint density at radius 3 is 2.62 bits per heavy atom. The molecule has 0 saturated heterocycles. The Bertz CT molecular complexity index is 524. The van der Waals surface area contributed by atoms with Crippen LogP contribution in [0, 0.1) is 0 Å². The van der Waals surface area contributed by atoms with Crippen molar-refractivity contribution < 1.29 is 19.4 Å². The fourth-order valence-electron chi connectivity index (χ4n) is 1.71. The lowest BCUT2D eigenvalue weighted by atomic mass is 10.1. The smallest absolute Gasteiger partial charge is 0.330 e. The predicted molar refractivity (Wildman–Crippen MR) is 86.8 cm³/mol. The number of benzene rings is 1. The average molecular weight is 376 g/mol. The number of methoxy groups -OCH3 is 1. The van der Waals surface area contributed by atoms with Crippen LogP contribution in [-0.2, 0) is 9.59 Å². The van der Waals surface area contributed by atoms with Crippen LogP contribution >= 0.6 is 27.7 Å². The molecule has 2 unspecified atom stereocenters. The Morgan fingerprint density at radius 1 is 1.48 bits per heavy atom. The van der Waals surface area contributed by atoms with Crippen molar-refractivity contribution in [2.24, 2.45) is 0 Å². The number of thioether (sulfide) groups is 1. The summed E-state index contributed by atoms with van der Waals surface area (Å²) in [7, 11) is 1.53. The minimum Gasteiger partial charge on any atom is -0.496 e. The number of hydrogen-bond donors (Lipinski definition) is 2. The molecule has 7 heteroatoms. The molecule has 1 aromatic rings. The predicted octanol–water partition coefficient (Wildman–Crippen LogP) is 2.84.